The second-order valence-electron chi connectivity index (χ2n) is 9.49. The van der Waals surface area contributed by atoms with Gasteiger partial charge in [-0.25, -0.2) is 0 Å². The third kappa shape index (κ3) is 4.95. The van der Waals surface area contributed by atoms with E-state index in [1.165, 1.54) is 23.3 Å². The second kappa shape index (κ2) is 11.1. The molecule has 2 aromatic carbocycles. The molecule has 2 aliphatic heterocycles. The van der Waals surface area contributed by atoms with Gasteiger partial charge in [-0.3, -0.25) is 19.3 Å². The maximum absolute atomic E-state index is 13.8. The average Bonchev–Trinajstić information content (AvgIpc) is 3.14. The van der Waals surface area contributed by atoms with Crippen LogP contribution in [0.5, 0.6) is 5.75 Å². The minimum absolute atomic E-state index is 0.0475. The Morgan fingerprint density at radius 2 is 1.67 bits per heavy atom. The van der Waals surface area contributed by atoms with Gasteiger partial charge in [0.25, 0.3) is 0 Å². The zero-order chi connectivity index (χ0) is 25.7. The summed E-state index contributed by atoms with van der Waals surface area (Å²) in [5.74, 6) is -0.209. The molecular formula is C28H35N3O5. The van der Waals surface area contributed by atoms with Crippen molar-refractivity contribution in [2.45, 2.75) is 31.6 Å². The van der Waals surface area contributed by atoms with Gasteiger partial charge in [-0.2, -0.15) is 0 Å². The van der Waals surface area contributed by atoms with E-state index in [0.717, 1.165) is 0 Å². The van der Waals surface area contributed by atoms with Gasteiger partial charge < -0.3 is 19.3 Å². The highest BCUT2D eigenvalue weighted by Crippen LogP contribution is 2.44. The summed E-state index contributed by atoms with van der Waals surface area (Å²) in [7, 11) is 3.13. The zero-order valence-corrected chi connectivity index (χ0v) is 21.4. The van der Waals surface area contributed by atoms with E-state index >= 15 is 0 Å². The van der Waals surface area contributed by atoms with Crippen LogP contribution in [-0.4, -0.2) is 81.1 Å². The van der Waals surface area contributed by atoms with E-state index in [2.05, 4.69) is 24.0 Å². The fourth-order valence-electron chi connectivity index (χ4n) is 5.36. The molecule has 36 heavy (non-hydrogen) atoms. The zero-order valence-electron chi connectivity index (χ0n) is 21.4. The topological polar surface area (TPSA) is 79.4 Å². The smallest absolute Gasteiger partial charge is 0.241 e. The number of hydrogen-bond acceptors (Lipinski definition) is 6. The summed E-state index contributed by atoms with van der Waals surface area (Å²) in [6.45, 7) is 5.37. The third-order valence-corrected chi connectivity index (χ3v) is 7.30. The van der Waals surface area contributed by atoms with Gasteiger partial charge in [-0.1, -0.05) is 36.4 Å². The molecular weight excluding hydrogens is 458 g/mol. The highest BCUT2D eigenvalue weighted by Gasteiger charge is 2.55. The molecule has 2 aliphatic rings. The summed E-state index contributed by atoms with van der Waals surface area (Å²) in [5.41, 5.74) is 1.70. The lowest BCUT2D eigenvalue weighted by Gasteiger charge is -2.38. The number of aryl methyl sites for hydroxylation is 1. The predicted molar refractivity (Wildman–Crippen MR) is 137 cm³/mol. The molecule has 192 valence electrons. The number of para-hydroxylation sites is 2. The monoisotopic (exact) mass is 493 g/mol. The lowest BCUT2D eigenvalue weighted by atomic mass is 9.75. The van der Waals surface area contributed by atoms with E-state index in [-0.39, 0.29) is 37.1 Å². The number of nitrogens with zero attached hydrogens (tertiary/aromatic N) is 3. The minimum Gasteiger partial charge on any atom is -0.496 e. The van der Waals surface area contributed by atoms with Gasteiger partial charge in [0.2, 0.25) is 17.7 Å². The van der Waals surface area contributed by atoms with E-state index in [9.17, 15) is 14.4 Å². The Balaban J connectivity index is 1.56. The van der Waals surface area contributed by atoms with Crippen molar-refractivity contribution in [3.8, 4) is 5.75 Å². The quantitative estimate of drug-likeness (QED) is 0.395. The Kier molecular flexibility index (Phi) is 7.94. The first kappa shape index (κ1) is 25.7. The first-order valence-corrected chi connectivity index (χ1v) is 12.5. The molecule has 2 saturated heterocycles. The van der Waals surface area contributed by atoms with Gasteiger partial charge in [0.05, 0.1) is 12.5 Å². The highest BCUT2D eigenvalue weighted by molar-refractivity contribution is 6.11. The Bertz CT molecular complexity index is 1110. The third-order valence-electron chi connectivity index (χ3n) is 7.30. The molecule has 0 radical (unpaired) electrons. The molecule has 8 nitrogen and oxygen atoms in total. The number of carbonyl (C=O) groups is 3. The summed E-state index contributed by atoms with van der Waals surface area (Å²) in [5, 5.41) is 0. The van der Waals surface area contributed by atoms with E-state index in [4.69, 9.17) is 9.47 Å². The van der Waals surface area contributed by atoms with Gasteiger partial charge >= 0.3 is 0 Å². The van der Waals surface area contributed by atoms with Gasteiger partial charge in [-0.15, -0.1) is 0 Å². The standard InChI is InChI=1S/C28H35N3O5/c1-21-9-4-6-11-23(21)29-14-16-30(17-15-29)25(32)19-28(22-10-5-7-12-24(22)36-3)20-26(33)31(27(28)34)13-8-18-35-2/h4-7,9-12H,8,13-20H2,1-3H3. The SMILES string of the molecule is COCCCN1C(=O)CC(CC(=O)N2CCN(c3ccccc3C)CC2)(c2ccccc2OC)C1=O. The summed E-state index contributed by atoms with van der Waals surface area (Å²) >= 11 is 0. The van der Waals surface area contributed by atoms with Crippen LogP contribution in [-0.2, 0) is 24.5 Å². The van der Waals surface area contributed by atoms with Crippen LogP contribution in [0.2, 0.25) is 0 Å². The van der Waals surface area contributed by atoms with Gasteiger partial charge in [-0.05, 0) is 31.0 Å². The lowest BCUT2D eigenvalue weighted by molar-refractivity contribution is -0.143. The van der Waals surface area contributed by atoms with Crippen LogP contribution in [0.3, 0.4) is 0 Å². The van der Waals surface area contributed by atoms with E-state index in [1.54, 1.807) is 19.2 Å². The van der Waals surface area contributed by atoms with Crippen LogP contribution >= 0.6 is 0 Å². The van der Waals surface area contributed by atoms with Crippen molar-refractivity contribution in [3.05, 3.63) is 59.7 Å². The van der Waals surface area contributed by atoms with Crippen molar-refractivity contribution < 1.29 is 23.9 Å². The largest absolute Gasteiger partial charge is 0.496 e. The summed E-state index contributed by atoms with van der Waals surface area (Å²) < 4.78 is 10.7. The normalized spacial score (nSPS) is 20.2. The summed E-state index contributed by atoms with van der Waals surface area (Å²) in [4.78, 5) is 45.9. The molecule has 2 fully saturated rings. The predicted octanol–water partition coefficient (Wildman–Crippen LogP) is 2.78. The van der Waals surface area contributed by atoms with Crippen molar-refractivity contribution >= 4 is 23.4 Å². The molecule has 4 rings (SSSR count). The molecule has 0 N–H and O–H groups in total. The maximum atomic E-state index is 13.8. The highest BCUT2D eigenvalue weighted by atomic mass is 16.5. The van der Waals surface area contributed by atoms with Crippen LogP contribution in [0.25, 0.3) is 0 Å². The number of anilines is 1. The van der Waals surface area contributed by atoms with E-state index < -0.39 is 5.41 Å². The van der Waals surface area contributed by atoms with Crippen molar-refractivity contribution in [1.29, 1.82) is 0 Å². The first-order chi connectivity index (χ1) is 17.4. The molecule has 1 atom stereocenters. The van der Waals surface area contributed by atoms with Crippen molar-refractivity contribution in [2.75, 3.05) is 58.5 Å². The van der Waals surface area contributed by atoms with Crippen LogP contribution in [0.1, 0.15) is 30.4 Å². The van der Waals surface area contributed by atoms with Gasteiger partial charge in [0, 0.05) is 70.5 Å². The Hall–Kier alpha value is -3.39. The number of amides is 3. The summed E-state index contributed by atoms with van der Waals surface area (Å²) in [6, 6.07) is 15.4. The van der Waals surface area contributed by atoms with Crippen molar-refractivity contribution in [1.82, 2.24) is 9.80 Å². The van der Waals surface area contributed by atoms with Crippen LogP contribution in [0.15, 0.2) is 48.5 Å². The van der Waals surface area contributed by atoms with Crippen LogP contribution < -0.4 is 9.64 Å². The van der Waals surface area contributed by atoms with Crippen molar-refractivity contribution in [3.63, 3.8) is 0 Å². The van der Waals surface area contributed by atoms with E-state index in [0.29, 0.717) is 50.5 Å². The molecule has 3 amide bonds. The molecule has 8 heteroatoms. The molecule has 0 aliphatic carbocycles. The number of rotatable bonds is 9. The Labute approximate surface area is 212 Å². The lowest BCUT2D eigenvalue weighted by Crippen LogP contribution is -2.51. The van der Waals surface area contributed by atoms with Crippen LogP contribution in [0.4, 0.5) is 5.69 Å². The molecule has 0 bridgehead atoms. The molecule has 0 spiro atoms. The first-order valence-electron chi connectivity index (χ1n) is 12.5. The number of imide groups is 1. The van der Waals surface area contributed by atoms with E-state index in [1.807, 2.05) is 29.2 Å². The molecule has 2 aromatic rings. The number of piperazine rings is 1. The number of methoxy groups -OCH3 is 2. The number of benzene rings is 2. The fraction of sp³-hybridized carbons (Fsp3) is 0.464. The number of ether oxygens (including phenoxy) is 2. The number of carbonyl (C=O) groups excluding carboxylic acids is 3. The van der Waals surface area contributed by atoms with Gasteiger partial charge in [0.1, 0.15) is 5.75 Å². The van der Waals surface area contributed by atoms with Crippen LogP contribution in [0, 0.1) is 6.92 Å². The fourth-order valence-corrected chi connectivity index (χ4v) is 5.36. The Morgan fingerprint density at radius 1 is 0.972 bits per heavy atom. The number of likely N-dealkylation sites (tertiary alicyclic amines) is 1. The molecule has 0 aromatic heterocycles. The maximum Gasteiger partial charge on any atom is 0.241 e. The second-order valence-corrected chi connectivity index (χ2v) is 9.49. The van der Waals surface area contributed by atoms with Gasteiger partial charge in [0.15, 0.2) is 0 Å². The minimum atomic E-state index is -1.28. The Morgan fingerprint density at radius 3 is 2.36 bits per heavy atom. The summed E-state index contributed by atoms with van der Waals surface area (Å²) in [6.07, 6.45) is 0.433. The molecule has 0 saturated carbocycles. The van der Waals surface area contributed by atoms with Crippen molar-refractivity contribution in [2.24, 2.45) is 0 Å². The number of hydrogen-bond donors (Lipinski definition) is 0. The average molecular weight is 494 g/mol. The molecule has 2 heterocycles. The molecule has 1 unspecified atom stereocenters.